The van der Waals surface area contributed by atoms with Gasteiger partial charge in [0.25, 0.3) is 0 Å². The summed E-state index contributed by atoms with van der Waals surface area (Å²) in [5.41, 5.74) is 0.402. The molecule has 2 nitrogen and oxygen atoms in total. The monoisotopic (exact) mass is 198 g/mol. The lowest BCUT2D eigenvalue weighted by atomic mass is 10.1. The number of hydrogen-bond acceptors (Lipinski definition) is 2. The van der Waals surface area contributed by atoms with E-state index in [1.54, 1.807) is 0 Å². The van der Waals surface area contributed by atoms with Crippen LogP contribution in [0.25, 0.3) is 0 Å². The average Bonchev–Trinajstić information content (AvgIpc) is 2.02. The van der Waals surface area contributed by atoms with Gasteiger partial charge >= 0.3 is 5.97 Å². The topological polar surface area (TPSA) is 26.3 Å². The Bertz CT molecular complexity index is 209. The van der Waals surface area contributed by atoms with E-state index in [1.165, 1.54) is 0 Å². The van der Waals surface area contributed by atoms with Crippen LogP contribution in [0.5, 0.6) is 0 Å². The van der Waals surface area contributed by atoms with Gasteiger partial charge in [-0.3, -0.25) is 0 Å². The third-order valence-electron chi connectivity index (χ3n) is 1.81. The average molecular weight is 198 g/mol. The predicted octanol–water partition coefficient (Wildman–Crippen LogP) is 3.46. The Morgan fingerprint density at radius 2 is 1.93 bits per heavy atom. The molecule has 0 amide bonds. The van der Waals surface area contributed by atoms with Gasteiger partial charge in [-0.05, 0) is 40.5 Å². The highest BCUT2D eigenvalue weighted by atomic mass is 16.6. The summed E-state index contributed by atoms with van der Waals surface area (Å²) < 4.78 is 5.28. The predicted molar refractivity (Wildman–Crippen MR) is 59.1 cm³/mol. The summed E-state index contributed by atoms with van der Waals surface area (Å²) in [4.78, 5) is 11.6. The molecule has 0 saturated carbocycles. The van der Waals surface area contributed by atoms with E-state index in [1.807, 2.05) is 33.8 Å². The van der Waals surface area contributed by atoms with Crippen LogP contribution in [-0.2, 0) is 9.53 Å². The number of allylic oxidation sites excluding steroid dienone is 1. The largest absolute Gasteiger partial charge is 0.457 e. The molecule has 0 aliphatic rings. The van der Waals surface area contributed by atoms with Gasteiger partial charge in [-0.1, -0.05) is 19.4 Å². The Labute approximate surface area is 87.3 Å². The minimum absolute atomic E-state index is 0.173. The fourth-order valence-electron chi connectivity index (χ4n) is 1.08. The van der Waals surface area contributed by atoms with Crippen molar-refractivity contribution in [2.45, 2.75) is 59.5 Å². The normalized spacial score (nSPS) is 12.8. The fraction of sp³-hybridized carbons (Fsp3) is 0.750. The van der Waals surface area contributed by atoms with Crippen molar-refractivity contribution in [3.05, 3.63) is 11.6 Å². The highest BCUT2D eigenvalue weighted by Crippen LogP contribution is 2.14. The lowest BCUT2D eigenvalue weighted by Gasteiger charge is -2.20. The number of carbonyl (C=O) groups excluding carboxylic acids is 1. The second-order valence-corrected chi connectivity index (χ2v) is 4.42. The Morgan fingerprint density at radius 3 is 2.29 bits per heavy atom. The van der Waals surface area contributed by atoms with Gasteiger partial charge in [-0.2, -0.15) is 0 Å². The van der Waals surface area contributed by atoms with Crippen LogP contribution in [0.2, 0.25) is 0 Å². The van der Waals surface area contributed by atoms with Crippen molar-refractivity contribution in [1.29, 1.82) is 0 Å². The standard InChI is InChI=1S/C12H22O2/c1-6-8-9-10(7-2)11(13)14-12(3,4)5/h7H,6,8-9H2,1-5H3. The first-order valence-electron chi connectivity index (χ1n) is 5.29. The zero-order valence-corrected chi connectivity index (χ0v) is 10.0. The maximum atomic E-state index is 11.6. The molecule has 0 heterocycles. The first kappa shape index (κ1) is 13.2. The molecule has 0 fully saturated rings. The highest BCUT2D eigenvalue weighted by Gasteiger charge is 2.18. The Morgan fingerprint density at radius 1 is 1.36 bits per heavy atom. The lowest BCUT2D eigenvalue weighted by Crippen LogP contribution is -2.24. The minimum Gasteiger partial charge on any atom is -0.457 e. The second-order valence-electron chi connectivity index (χ2n) is 4.42. The van der Waals surface area contributed by atoms with E-state index in [9.17, 15) is 4.79 Å². The molecule has 2 heteroatoms. The van der Waals surface area contributed by atoms with Crippen molar-refractivity contribution in [3.8, 4) is 0 Å². The molecule has 0 aliphatic carbocycles. The van der Waals surface area contributed by atoms with Crippen LogP contribution >= 0.6 is 0 Å². The first-order chi connectivity index (χ1) is 6.40. The lowest BCUT2D eigenvalue weighted by molar-refractivity contribution is -0.150. The van der Waals surface area contributed by atoms with Crippen molar-refractivity contribution in [3.63, 3.8) is 0 Å². The van der Waals surface area contributed by atoms with Gasteiger partial charge in [-0.15, -0.1) is 0 Å². The van der Waals surface area contributed by atoms with Gasteiger partial charge in [0.1, 0.15) is 5.60 Å². The van der Waals surface area contributed by atoms with E-state index < -0.39 is 5.60 Å². The number of carbonyl (C=O) groups is 1. The number of esters is 1. The van der Waals surface area contributed by atoms with E-state index in [-0.39, 0.29) is 5.97 Å². The van der Waals surface area contributed by atoms with Crippen molar-refractivity contribution in [2.24, 2.45) is 0 Å². The van der Waals surface area contributed by atoms with Crippen LogP contribution in [0.4, 0.5) is 0 Å². The summed E-state index contributed by atoms with van der Waals surface area (Å²) in [6, 6.07) is 0. The Kier molecular flexibility index (Phi) is 5.51. The van der Waals surface area contributed by atoms with E-state index >= 15 is 0 Å². The molecule has 0 radical (unpaired) electrons. The van der Waals surface area contributed by atoms with E-state index in [2.05, 4.69) is 6.92 Å². The molecule has 0 rings (SSSR count). The molecule has 0 aromatic rings. The van der Waals surface area contributed by atoms with Gasteiger partial charge in [0.05, 0.1) is 0 Å². The van der Waals surface area contributed by atoms with E-state index in [0.717, 1.165) is 24.8 Å². The van der Waals surface area contributed by atoms with Gasteiger partial charge in [0.15, 0.2) is 0 Å². The van der Waals surface area contributed by atoms with Crippen LogP contribution in [-0.4, -0.2) is 11.6 Å². The van der Waals surface area contributed by atoms with Gasteiger partial charge in [0.2, 0.25) is 0 Å². The summed E-state index contributed by atoms with van der Waals surface area (Å²) in [5.74, 6) is -0.173. The zero-order valence-electron chi connectivity index (χ0n) is 10.0. The van der Waals surface area contributed by atoms with Crippen molar-refractivity contribution in [1.82, 2.24) is 0 Å². The van der Waals surface area contributed by atoms with Crippen molar-refractivity contribution in [2.75, 3.05) is 0 Å². The molecule has 0 unspecified atom stereocenters. The number of ether oxygens (including phenoxy) is 1. The summed E-state index contributed by atoms with van der Waals surface area (Å²) >= 11 is 0. The molecule has 0 aliphatic heterocycles. The minimum atomic E-state index is -0.391. The molecule has 0 aromatic heterocycles. The third kappa shape index (κ3) is 5.79. The summed E-state index contributed by atoms with van der Waals surface area (Å²) in [6.07, 6.45) is 4.81. The number of unbranched alkanes of at least 4 members (excludes halogenated alkanes) is 1. The molecule has 0 atom stereocenters. The van der Waals surface area contributed by atoms with Crippen LogP contribution in [0.3, 0.4) is 0 Å². The highest BCUT2D eigenvalue weighted by molar-refractivity contribution is 5.88. The number of rotatable bonds is 4. The molecule has 0 bridgehead atoms. The summed E-state index contributed by atoms with van der Waals surface area (Å²) in [6.45, 7) is 9.66. The van der Waals surface area contributed by atoms with Crippen LogP contribution in [0.1, 0.15) is 53.9 Å². The molecular formula is C12H22O2. The van der Waals surface area contributed by atoms with Crippen LogP contribution in [0, 0.1) is 0 Å². The molecule has 0 aromatic carbocycles. The van der Waals surface area contributed by atoms with Gasteiger partial charge in [-0.25, -0.2) is 4.79 Å². The van der Waals surface area contributed by atoms with E-state index in [0.29, 0.717) is 0 Å². The summed E-state index contributed by atoms with van der Waals surface area (Å²) in [7, 11) is 0. The van der Waals surface area contributed by atoms with Gasteiger partial charge < -0.3 is 4.74 Å². The quantitative estimate of drug-likeness (QED) is 0.510. The zero-order chi connectivity index (χ0) is 11.2. The van der Waals surface area contributed by atoms with Crippen LogP contribution < -0.4 is 0 Å². The SMILES string of the molecule is CC=C(CCCC)C(=O)OC(C)(C)C. The first-order valence-corrected chi connectivity index (χ1v) is 5.29. The molecule has 0 spiro atoms. The maximum absolute atomic E-state index is 11.6. The smallest absolute Gasteiger partial charge is 0.334 e. The van der Waals surface area contributed by atoms with Crippen LogP contribution in [0.15, 0.2) is 11.6 Å². The molecular weight excluding hydrogens is 176 g/mol. The Balaban J connectivity index is 4.20. The van der Waals surface area contributed by atoms with E-state index in [4.69, 9.17) is 4.74 Å². The number of hydrogen-bond donors (Lipinski definition) is 0. The van der Waals surface area contributed by atoms with Gasteiger partial charge in [0, 0.05) is 5.57 Å². The molecule has 14 heavy (non-hydrogen) atoms. The fourth-order valence-corrected chi connectivity index (χ4v) is 1.08. The second kappa shape index (κ2) is 5.84. The van der Waals surface area contributed by atoms with Crippen molar-refractivity contribution >= 4 is 5.97 Å². The third-order valence-corrected chi connectivity index (χ3v) is 1.81. The molecule has 82 valence electrons. The molecule has 0 saturated heterocycles. The summed E-state index contributed by atoms with van der Waals surface area (Å²) in [5, 5.41) is 0. The van der Waals surface area contributed by atoms with Crippen molar-refractivity contribution < 1.29 is 9.53 Å². The Hall–Kier alpha value is -0.790. The maximum Gasteiger partial charge on any atom is 0.334 e. The molecule has 0 N–H and O–H groups in total.